The lowest BCUT2D eigenvalue weighted by Gasteiger charge is -2.10. The Labute approximate surface area is 110 Å². The number of carbonyl (C=O) groups is 1. The molecule has 0 aliphatic heterocycles. The van der Waals surface area contributed by atoms with Crippen LogP contribution in [0.5, 0.6) is 0 Å². The van der Waals surface area contributed by atoms with Crippen LogP contribution in [-0.4, -0.2) is 18.3 Å². The molecule has 0 spiro atoms. The molecular weight excluding hydrogens is 253 g/mol. The van der Waals surface area contributed by atoms with Crippen LogP contribution in [-0.2, 0) is 15.3 Å². The van der Waals surface area contributed by atoms with Gasteiger partial charge in [0.1, 0.15) is 5.82 Å². The van der Waals surface area contributed by atoms with Gasteiger partial charge < -0.3 is 4.74 Å². The summed E-state index contributed by atoms with van der Waals surface area (Å²) in [4.78, 5) is 11.0. The zero-order valence-corrected chi connectivity index (χ0v) is 11.1. The van der Waals surface area contributed by atoms with Gasteiger partial charge >= 0.3 is 5.97 Å². The number of rotatable bonds is 5. The molecule has 0 aliphatic rings. The first-order chi connectivity index (χ1) is 8.56. The summed E-state index contributed by atoms with van der Waals surface area (Å²) in [6, 6.07) is 6.25. The molecule has 1 aromatic rings. The van der Waals surface area contributed by atoms with Crippen LogP contribution < -0.4 is 0 Å². The highest BCUT2D eigenvalue weighted by Crippen LogP contribution is 2.22. The average molecular weight is 267 g/mol. The minimum absolute atomic E-state index is 0.0441. The van der Waals surface area contributed by atoms with Crippen molar-refractivity contribution in [2.45, 2.75) is 24.3 Å². The fourth-order valence-electron chi connectivity index (χ4n) is 1.36. The molecule has 1 atom stereocenters. The average Bonchev–Trinajstić information content (AvgIpc) is 2.37. The van der Waals surface area contributed by atoms with Crippen LogP contribution in [0.25, 0.3) is 0 Å². The number of esters is 1. The van der Waals surface area contributed by atoms with Crippen molar-refractivity contribution in [3.8, 4) is 6.07 Å². The number of benzene rings is 1. The van der Waals surface area contributed by atoms with Gasteiger partial charge in [-0.1, -0.05) is 6.92 Å². The quantitative estimate of drug-likeness (QED) is 0.770. The number of ether oxygens (including phenoxy) is 1. The van der Waals surface area contributed by atoms with E-state index in [1.807, 2.05) is 13.0 Å². The van der Waals surface area contributed by atoms with Crippen molar-refractivity contribution in [2.75, 3.05) is 7.11 Å². The molecule has 0 fully saturated rings. The number of nitriles is 1. The smallest absolute Gasteiger partial charge is 0.306 e. The third-order valence-electron chi connectivity index (χ3n) is 2.38. The second-order valence-corrected chi connectivity index (χ2v) is 5.25. The molecule has 18 heavy (non-hydrogen) atoms. The summed E-state index contributed by atoms with van der Waals surface area (Å²) in [6.07, 6.45) is 0.292. The van der Waals surface area contributed by atoms with E-state index in [2.05, 4.69) is 4.74 Å². The molecule has 0 heterocycles. The molecule has 0 saturated carbocycles. The Hall–Kier alpha value is -1.54. The van der Waals surface area contributed by atoms with E-state index in [4.69, 9.17) is 5.26 Å². The summed E-state index contributed by atoms with van der Waals surface area (Å²) in [5.41, 5.74) is 0.920. The van der Waals surface area contributed by atoms with Crippen LogP contribution in [0, 0.1) is 17.1 Å². The number of hydrogen-bond acceptors (Lipinski definition) is 4. The Bertz CT molecular complexity index is 471. The summed E-state index contributed by atoms with van der Waals surface area (Å²) in [5.74, 6) is -0.174. The predicted octanol–water partition coefficient (Wildman–Crippen LogP) is 2.88. The van der Waals surface area contributed by atoms with Crippen LogP contribution in [0.2, 0.25) is 0 Å². The fourth-order valence-corrected chi connectivity index (χ4v) is 2.30. The maximum absolute atomic E-state index is 13.5. The van der Waals surface area contributed by atoms with Gasteiger partial charge in [-0.05, 0) is 23.8 Å². The first kappa shape index (κ1) is 14.5. The van der Waals surface area contributed by atoms with E-state index in [9.17, 15) is 9.18 Å². The molecule has 3 nitrogen and oxygen atoms in total. The minimum atomic E-state index is -0.327. The lowest BCUT2D eigenvalue weighted by atomic mass is 10.1. The van der Waals surface area contributed by atoms with Crippen LogP contribution in [0.4, 0.5) is 4.39 Å². The Balaban J connectivity index is 2.58. The maximum Gasteiger partial charge on any atom is 0.306 e. The summed E-state index contributed by atoms with van der Waals surface area (Å²) in [5, 5.41) is 8.78. The van der Waals surface area contributed by atoms with E-state index in [1.54, 1.807) is 0 Å². The van der Waals surface area contributed by atoms with Crippen molar-refractivity contribution < 1.29 is 13.9 Å². The van der Waals surface area contributed by atoms with Crippen LogP contribution in [0.15, 0.2) is 18.2 Å². The lowest BCUT2D eigenvalue weighted by molar-refractivity contribution is -0.140. The van der Waals surface area contributed by atoms with Gasteiger partial charge in [-0.15, -0.1) is 0 Å². The van der Waals surface area contributed by atoms with Crippen LogP contribution >= 0.6 is 11.8 Å². The number of nitrogens with zero attached hydrogens (tertiary/aromatic N) is 1. The van der Waals surface area contributed by atoms with Crippen molar-refractivity contribution in [1.82, 2.24) is 0 Å². The Morgan fingerprint density at radius 1 is 1.61 bits per heavy atom. The largest absolute Gasteiger partial charge is 0.469 e. The number of halogens is 1. The van der Waals surface area contributed by atoms with E-state index in [-0.39, 0.29) is 17.0 Å². The van der Waals surface area contributed by atoms with E-state index in [0.717, 1.165) is 0 Å². The monoisotopic (exact) mass is 267 g/mol. The number of methoxy groups -OCH3 is 1. The van der Waals surface area contributed by atoms with Gasteiger partial charge in [0.15, 0.2) is 0 Å². The number of thioether (sulfide) groups is 1. The zero-order valence-electron chi connectivity index (χ0n) is 10.3. The molecule has 0 aromatic heterocycles. The van der Waals surface area contributed by atoms with Crippen molar-refractivity contribution in [2.24, 2.45) is 0 Å². The molecule has 0 aliphatic carbocycles. The highest BCUT2D eigenvalue weighted by atomic mass is 32.2. The molecule has 96 valence electrons. The Kier molecular flexibility index (Phi) is 5.66. The molecule has 0 radical (unpaired) electrons. The molecule has 1 unspecified atom stereocenters. The summed E-state index contributed by atoms with van der Waals surface area (Å²) < 4.78 is 18.0. The molecule has 5 heteroatoms. The van der Waals surface area contributed by atoms with Crippen molar-refractivity contribution in [3.05, 3.63) is 35.1 Å². The topological polar surface area (TPSA) is 50.1 Å². The van der Waals surface area contributed by atoms with E-state index < -0.39 is 0 Å². The van der Waals surface area contributed by atoms with Crippen molar-refractivity contribution in [1.29, 1.82) is 5.26 Å². The number of carbonyl (C=O) groups excluding carboxylic acids is 1. The Morgan fingerprint density at radius 3 is 2.94 bits per heavy atom. The van der Waals surface area contributed by atoms with E-state index >= 15 is 0 Å². The molecule has 0 bridgehead atoms. The SMILES string of the molecule is COC(=O)CC(C)SCc1cc(C#N)ccc1F. The number of hydrogen-bond donors (Lipinski definition) is 0. The molecule has 1 aromatic carbocycles. The van der Waals surface area contributed by atoms with Gasteiger partial charge in [-0.3, -0.25) is 4.79 Å². The third-order valence-corrected chi connectivity index (χ3v) is 3.59. The first-order valence-electron chi connectivity index (χ1n) is 5.43. The molecule has 0 N–H and O–H groups in total. The van der Waals surface area contributed by atoms with E-state index in [0.29, 0.717) is 23.3 Å². The van der Waals surface area contributed by atoms with Gasteiger partial charge in [-0.2, -0.15) is 17.0 Å². The van der Waals surface area contributed by atoms with Crippen LogP contribution in [0.1, 0.15) is 24.5 Å². The van der Waals surface area contributed by atoms with Gasteiger partial charge in [-0.25, -0.2) is 4.39 Å². The first-order valence-corrected chi connectivity index (χ1v) is 6.48. The minimum Gasteiger partial charge on any atom is -0.469 e. The zero-order chi connectivity index (χ0) is 13.5. The predicted molar refractivity (Wildman–Crippen MR) is 68.5 cm³/mol. The Morgan fingerprint density at radius 2 is 2.33 bits per heavy atom. The second-order valence-electron chi connectivity index (χ2n) is 3.82. The normalized spacial score (nSPS) is 11.7. The summed E-state index contributed by atoms with van der Waals surface area (Å²) in [6.45, 7) is 1.88. The second kappa shape index (κ2) is 7.02. The van der Waals surface area contributed by atoms with Crippen molar-refractivity contribution in [3.63, 3.8) is 0 Å². The van der Waals surface area contributed by atoms with E-state index in [1.165, 1.54) is 37.1 Å². The maximum atomic E-state index is 13.5. The van der Waals surface area contributed by atoms with Gasteiger partial charge in [0.25, 0.3) is 0 Å². The highest BCUT2D eigenvalue weighted by Gasteiger charge is 2.11. The standard InChI is InChI=1S/C13H14FNO2S/c1-9(5-13(16)17-2)18-8-11-6-10(7-15)3-4-12(11)14/h3-4,6,9H,5,8H2,1-2H3. The summed E-state index contributed by atoms with van der Waals surface area (Å²) in [7, 11) is 1.34. The van der Waals surface area contributed by atoms with Gasteiger partial charge in [0.2, 0.25) is 0 Å². The highest BCUT2D eigenvalue weighted by molar-refractivity contribution is 7.99. The van der Waals surface area contributed by atoms with Crippen LogP contribution in [0.3, 0.4) is 0 Å². The summed E-state index contributed by atoms with van der Waals surface area (Å²) >= 11 is 1.46. The molecule has 0 amide bonds. The molecule has 0 saturated heterocycles. The van der Waals surface area contributed by atoms with Gasteiger partial charge in [0, 0.05) is 11.0 Å². The fraction of sp³-hybridized carbons (Fsp3) is 0.385. The molecule has 1 rings (SSSR count). The third kappa shape index (κ3) is 4.38. The molecular formula is C13H14FNO2S. The van der Waals surface area contributed by atoms with Gasteiger partial charge in [0.05, 0.1) is 25.2 Å². The van der Waals surface area contributed by atoms with Crippen molar-refractivity contribution >= 4 is 17.7 Å². The lowest BCUT2D eigenvalue weighted by Crippen LogP contribution is -2.09.